The third kappa shape index (κ3) is 2.88. The third-order valence-electron chi connectivity index (χ3n) is 4.02. The fourth-order valence-corrected chi connectivity index (χ4v) is 3.90. The Hall–Kier alpha value is -2.14. The Morgan fingerprint density at radius 1 is 1.35 bits per heavy atom. The van der Waals surface area contributed by atoms with Crippen LogP contribution in [0.5, 0.6) is 0 Å². The van der Waals surface area contributed by atoms with Gasteiger partial charge in [-0.2, -0.15) is 0 Å². The lowest BCUT2D eigenvalue weighted by Crippen LogP contribution is -2.31. The first-order valence-corrected chi connectivity index (χ1v) is 8.67. The van der Waals surface area contributed by atoms with E-state index in [9.17, 15) is 4.79 Å². The molecular weight excluding hydrogens is 306 g/mol. The Morgan fingerprint density at radius 3 is 2.70 bits per heavy atom. The van der Waals surface area contributed by atoms with Gasteiger partial charge in [0, 0.05) is 29.5 Å². The molecule has 0 bridgehead atoms. The van der Waals surface area contributed by atoms with Crippen LogP contribution in [0.25, 0.3) is 15.9 Å². The number of amides is 1. The first kappa shape index (κ1) is 15.7. The normalized spacial score (nSPS) is 12.5. The molecule has 0 fully saturated rings. The van der Waals surface area contributed by atoms with Gasteiger partial charge in [0.2, 0.25) is 0 Å². The van der Waals surface area contributed by atoms with Gasteiger partial charge in [-0.1, -0.05) is 6.92 Å². The summed E-state index contributed by atoms with van der Waals surface area (Å²) in [6, 6.07) is 6.16. The van der Waals surface area contributed by atoms with E-state index in [-0.39, 0.29) is 11.9 Å². The van der Waals surface area contributed by atoms with Gasteiger partial charge in [0.25, 0.3) is 5.91 Å². The van der Waals surface area contributed by atoms with Gasteiger partial charge in [-0.25, -0.2) is 4.98 Å². The van der Waals surface area contributed by atoms with E-state index in [1.54, 1.807) is 0 Å². The molecule has 1 atom stereocenters. The summed E-state index contributed by atoms with van der Waals surface area (Å²) in [5.74, 6) is -0.0249. The minimum absolute atomic E-state index is 0.0249. The van der Waals surface area contributed by atoms with Crippen molar-refractivity contribution >= 4 is 27.5 Å². The van der Waals surface area contributed by atoms with Gasteiger partial charge < -0.3 is 9.88 Å². The second-order valence-corrected chi connectivity index (χ2v) is 6.91. The number of carbonyl (C=O) groups excluding carboxylic acids is 1. The molecule has 1 unspecified atom stereocenters. The lowest BCUT2D eigenvalue weighted by molar-refractivity contribution is 0.0943. The van der Waals surface area contributed by atoms with Crippen molar-refractivity contribution < 1.29 is 4.79 Å². The van der Waals surface area contributed by atoms with Gasteiger partial charge in [-0.3, -0.25) is 4.79 Å². The molecule has 5 heteroatoms. The molecule has 1 N–H and O–H groups in total. The molecule has 1 amide bonds. The van der Waals surface area contributed by atoms with E-state index in [4.69, 9.17) is 0 Å². The zero-order valence-corrected chi connectivity index (χ0v) is 14.7. The molecule has 3 aromatic heterocycles. The number of thiophene rings is 1. The van der Waals surface area contributed by atoms with Crippen molar-refractivity contribution in [2.45, 2.75) is 40.2 Å². The minimum atomic E-state index is -0.0249. The molecule has 0 radical (unpaired) electrons. The molecule has 3 heterocycles. The zero-order valence-electron chi connectivity index (χ0n) is 13.9. The lowest BCUT2D eigenvalue weighted by Gasteiger charge is -2.12. The summed E-state index contributed by atoms with van der Waals surface area (Å²) in [6.07, 6.45) is 4.85. The van der Waals surface area contributed by atoms with Crippen molar-refractivity contribution in [1.29, 1.82) is 0 Å². The number of hydrogen-bond donors (Lipinski definition) is 1. The quantitative estimate of drug-likeness (QED) is 0.779. The van der Waals surface area contributed by atoms with Crippen molar-refractivity contribution in [3.63, 3.8) is 0 Å². The molecule has 3 rings (SSSR count). The molecule has 0 saturated carbocycles. The van der Waals surface area contributed by atoms with Crippen LogP contribution in [-0.4, -0.2) is 21.5 Å². The van der Waals surface area contributed by atoms with Crippen LogP contribution in [0.4, 0.5) is 0 Å². The summed E-state index contributed by atoms with van der Waals surface area (Å²) in [5.41, 5.74) is 3.06. The fourth-order valence-electron chi connectivity index (χ4n) is 2.70. The van der Waals surface area contributed by atoms with Crippen LogP contribution in [0.3, 0.4) is 0 Å². The number of nitrogens with one attached hydrogen (secondary N) is 1. The highest BCUT2D eigenvalue weighted by atomic mass is 32.1. The molecule has 0 aliphatic rings. The van der Waals surface area contributed by atoms with E-state index in [2.05, 4.69) is 30.2 Å². The van der Waals surface area contributed by atoms with Gasteiger partial charge in [0.1, 0.15) is 9.71 Å². The van der Waals surface area contributed by atoms with Crippen LogP contribution in [0, 0.1) is 13.8 Å². The molecule has 23 heavy (non-hydrogen) atoms. The predicted molar refractivity (Wildman–Crippen MR) is 95.6 cm³/mol. The van der Waals surface area contributed by atoms with Gasteiger partial charge in [0.05, 0.1) is 5.69 Å². The second kappa shape index (κ2) is 6.16. The highest BCUT2D eigenvalue weighted by molar-refractivity contribution is 7.21. The molecule has 0 aliphatic heterocycles. The number of hydrogen-bond acceptors (Lipinski definition) is 3. The van der Waals surface area contributed by atoms with Crippen molar-refractivity contribution in [1.82, 2.24) is 14.9 Å². The summed E-state index contributed by atoms with van der Waals surface area (Å²) in [7, 11) is 0. The Balaban J connectivity index is 2.23. The van der Waals surface area contributed by atoms with Gasteiger partial charge in [-0.05, 0) is 51.0 Å². The van der Waals surface area contributed by atoms with Crippen molar-refractivity contribution in [3.05, 3.63) is 46.7 Å². The number of aromatic nitrogens is 2. The molecule has 120 valence electrons. The van der Waals surface area contributed by atoms with Gasteiger partial charge >= 0.3 is 0 Å². The van der Waals surface area contributed by atoms with Crippen LogP contribution < -0.4 is 5.32 Å². The van der Waals surface area contributed by atoms with E-state index in [0.717, 1.165) is 38.5 Å². The first-order chi connectivity index (χ1) is 11.0. The van der Waals surface area contributed by atoms with E-state index in [1.165, 1.54) is 11.3 Å². The Bertz CT molecular complexity index is 849. The van der Waals surface area contributed by atoms with Crippen LogP contribution in [0.2, 0.25) is 0 Å². The minimum Gasteiger partial charge on any atom is -0.349 e. The largest absolute Gasteiger partial charge is 0.349 e. The SMILES string of the molecule is CCC(C)NC(=O)c1sc2nc(C)cc(C)c2c1-n1cccc1. The highest BCUT2D eigenvalue weighted by Crippen LogP contribution is 2.35. The Morgan fingerprint density at radius 2 is 2.04 bits per heavy atom. The number of pyridine rings is 1. The smallest absolute Gasteiger partial charge is 0.263 e. The first-order valence-electron chi connectivity index (χ1n) is 7.86. The Kier molecular flexibility index (Phi) is 4.22. The number of rotatable bonds is 4. The molecule has 3 aromatic rings. The lowest BCUT2D eigenvalue weighted by atomic mass is 10.1. The maximum atomic E-state index is 12.8. The monoisotopic (exact) mass is 327 g/mol. The number of nitrogens with zero attached hydrogens (tertiary/aromatic N) is 2. The van der Waals surface area contributed by atoms with Gasteiger partial charge in [0.15, 0.2) is 0 Å². The third-order valence-corrected chi connectivity index (χ3v) is 5.09. The molecular formula is C18H21N3OS. The Labute approximate surface area is 140 Å². The average molecular weight is 327 g/mol. The second-order valence-electron chi connectivity index (χ2n) is 5.91. The molecule has 0 saturated heterocycles. The van der Waals surface area contributed by atoms with Crippen molar-refractivity contribution in [3.8, 4) is 5.69 Å². The van der Waals surface area contributed by atoms with Crippen LogP contribution >= 0.6 is 11.3 Å². The summed E-state index contributed by atoms with van der Waals surface area (Å²) in [4.78, 5) is 19.0. The summed E-state index contributed by atoms with van der Waals surface area (Å²) < 4.78 is 2.01. The van der Waals surface area contributed by atoms with E-state index < -0.39 is 0 Å². The zero-order chi connectivity index (χ0) is 16.6. The maximum absolute atomic E-state index is 12.8. The van der Waals surface area contributed by atoms with E-state index in [1.807, 2.05) is 42.9 Å². The maximum Gasteiger partial charge on any atom is 0.263 e. The fraction of sp³-hybridized carbons (Fsp3) is 0.333. The van der Waals surface area contributed by atoms with Crippen LogP contribution in [-0.2, 0) is 0 Å². The van der Waals surface area contributed by atoms with Crippen molar-refractivity contribution in [2.75, 3.05) is 0 Å². The number of fused-ring (bicyclic) bond motifs is 1. The summed E-state index contributed by atoms with van der Waals surface area (Å²) >= 11 is 1.47. The van der Waals surface area contributed by atoms with Crippen LogP contribution in [0.15, 0.2) is 30.6 Å². The molecule has 0 aromatic carbocycles. The molecule has 0 spiro atoms. The topological polar surface area (TPSA) is 46.9 Å². The number of carbonyl (C=O) groups is 1. The van der Waals surface area contributed by atoms with Crippen molar-refractivity contribution in [2.24, 2.45) is 0 Å². The summed E-state index contributed by atoms with van der Waals surface area (Å²) in [6.45, 7) is 8.15. The van der Waals surface area contributed by atoms with Crippen LogP contribution in [0.1, 0.15) is 41.2 Å². The standard InChI is InChI=1S/C18H21N3OS/c1-5-12(3)19-17(22)16-15(21-8-6-7-9-21)14-11(2)10-13(4)20-18(14)23-16/h6-10,12H,5H2,1-4H3,(H,19,22). The molecule has 4 nitrogen and oxygen atoms in total. The highest BCUT2D eigenvalue weighted by Gasteiger charge is 2.22. The predicted octanol–water partition coefficient (Wildman–Crippen LogP) is 4.23. The van der Waals surface area contributed by atoms with E-state index >= 15 is 0 Å². The summed E-state index contributed by atoms with van der Waals surface area (Å²) in [5, 5.41) is 4.13. The molecule has 0 aliphatic carbocycles. The van der Waals surface area contributed by atoms with Gasteiger partial charge in [-0.15, -0.1) is 11.3 Å². The number of aryl methyl sites for hydroxylation is 2. The van der Waals surface area contributed by atoms with E-state index in [0.29, 0.717) is 0 Å². The average Bonchev–Trinajstić information content (AvgIpc) is 3.13.